The number of allylic oxidation sites excluding steroid dienone is 1. The second-order valence-corrected chi connectivity index (χ2v) is 11.9. The summed E-state index contributed by atoms with van der Waals surface area (Å²) < 4.78 is 5.33. The van der Waals surface area contributed by atoms with Gasteiger partial charge in [-0.05, 0) is 78.9 Å². The highest BCUT2D eigenvalue weighted by molar-refractivity contribution is 7.12. The zero-order chi connectivity index (χ0) is 28.5. The molecule has 204 valence electrons. The van der Waals surface area contributed by atoms with Gasteiger partial charge in [0, 0.05) is 22.5 Å². The molecule has 7 heteroatoms. The van der Waals surface area contributed by atoms with E-state index in [2.05, 4.69) is 22.4 Å². The molecule has 7 rings (SSSR count). The van der Waals surface area contributed by atoms with Crippen molar-refractivity contribution in [3.63, 3.8) is 0 Å². The fourth-order valence-electron chi connectivity index (χ4n) is 7.05. The number of rotatable bonds is 5. The lowest BCUT2D eigenvalue weighted by molar-refractivity contribution is -0.121. The summed E-state index contributed by atoms with van der Waals surface area (Å²) in [6, 6.07) is 22.8. The van der Waals surface area contributed by atoms with Gasteiger partial charge in [-0.3, -0.25) is 14.4 Å². The Balaban J connectivity index is 1.54. The van der Waals surface area contributed by atoms with E-state index in [1.54, 1.807) is 37.4 Å². The fourth-order valence-corrected chi connectivity index (χ4v) is 7.74. The maximum Gasteiger partial charge on any atom is 0.238 e. The van der Waals surface area contributed by atoms with Crippen LogP contribution in [0.5, 0.6) is 5.75 Å². The number of methoxy groups -OCH3 is 1. The van der Waals surface area contributed by atoms with Crippen molar-refractivity contribution in [2.75, 3.05) is 17.3 Å². The Morgan fingerprint density at radius 3 is 2.46 bits per heavy atom. The van der Waals surface area contributed by atoms with Gasteiger partial charge in [-0.25, -0.2) is 0 Å². The van der Waals surface area contributed by atoms with E-state index in [0.29, 0.717) is 21.9 Å². The van der Waals surface area contributed by atoms with E-state index in [0.717, 1.165) is 28.0 Å². The molecule has 3 aliphatic heterocycles. The van der Waals surface area contributed by atoms with Crippen LogP contribution in [0.2, 0.25) is 0 Å². The van der Waals surface area contributed by atoms with Gasteiger partial charge in [-0.2, -0.15) is 0 Å². The van der Waals surface area contributed by atoms with Gasteiger partial charge in [-0.1, -0.05) is 42.0 Å². The molecule has 0 radical (unpaired) electrons. The van der Waals surface area contributed by atoms with Gasteiger partial charge in [0.15, 0.2) is 11.6 Å². The molecule has 1 saturated heterocycles. The third kappa shape index (κ3) is 3.51. The number of nitrogens with zero attached hydrogens (tertiary/aromatic N) is 1. The van der Waals surface area contributed by atoms with Crippen molar-refractivity contribution in [1.29, 1.82) is 0 Å². The van der Waals surface area contributed by atoms with Gasteiger partial charge in [0.1, 0.15) is 17.2 Å². The van der Waals surface area contributed by atoms with Gasteiger partial charge < -0.3 is 15.0 Å². The molecular weight excluding hydrogens is 532 g/mol. The van der Waals surface area contributed by atoms with E-state index in [4.69, 9.17) is 4.74 Å². The molecule has 1 amide bonds. The van der Waals surface area contributed by atoms with Crippen molar-refractivity contribution in [2.45, 2.75) is 31.3 Å². The van der Waals surface area contributed by atoms with Gasteiger partial charge in [-0.15, -0.1) is 11.3 Å². The zero-order valence-electron chi connectivity index (χ0n) is 22.9. The summed E-state index contributed by atoms with van der Waals surface area (Å²) in [5.74, 6) is -1.04. The van der Waals surface area contributed by atoms with Gasteiger partial charge in [0.2, 0.25) is 5.91 Å². The molecule has 3 aliphatic rings. The van der Waals surface area contributed by atoms with Crippen LogP contribution in [0.1, 0.15) is 43.6 Å². The first-order valence-electron chi connectivity index (χ1n) is 13.6. The number of amides is 1. The molecule has 4 aromatic rings. The SMILES string of the molecule is COc1ccc(C(=O)[C@@H]2[C@@H](C(=O)c3cccs3)N3c4ccc(C)cc4C(C)=C[C@@H]3[C@@]23C(=O)Nc2ccccc23)cc1. The highest BCUT2D eigenvalue weighted by Crippen LogP contribution is 2.59. The molecule has 4 heterocycles. The molecule has 0 aliphatic carbocycles. The first-order chi connectivity index (χ1) is 19.9. The van der Waals surface area contributed by atoms with Crippen LogP contribution < -0.4 is 15.0 Å². The van der Waals surface area contributed by atoms with E-state index >= 15 is 0 Å². The molecule has 0 saturated carbocycles. The largest absolute Gasteiger partial charge is 0.497 e. The lowest BCUT2D eigenvalue weighted by atomic mass is 9.64. The van der Waals surface area contributed by atoms with Crippen LogP contribution in [0.4, 0.5) is 11.4 Å². The number of para-hydroxylation sites is 1. The van der Waals surface area contributed by atoms with E-state index in [1.807, 2.05) is 61.7 Å². The molecule has 6 nitrogen and oxygen atoms in total. The maximum absolute atomic E-state index is 14.8. The average molecular weight is 561 g/mol. The predicted octanol–water partition coefficient (Wildman–Crippen LogP) is 6.31. The second kappa shape index (κ2) is 9.28. The standard InChI is InChI=1S/C34H28N2O4S/c1-19-10-15-26-23(17-19)20(2)18-28-34(24-7-4-5-8-25(24)35-33(34)39)29(31(37)21-11-13-22(40-3)14-12-21)30(36(26)28)32(38)27-9-6-16-41-27/h4-18,28-30H,1-3H3,(H,35,39)/t28-,29+,30+,34-/m1/s1. The number of hydrogen-bond donors (Lipinski definition) is 1. The minimum atomic E-state index is -1.32. The number of nitrogens with one attached hydrogen (secondary N) is 1. The number of anilines is 2. The molecular formula is C34H28N2O4S. The number of aryl methyl sites for hydroxylation is 1. The Morgan fingerprint density at radius 2 is 1.73 bits per heavy atom. The third-order valence-corrected chi connectivity index (χ3v) is 9.71. The predicted molar refractivity (Wildman–Crippen MR) is 161 cm³/mol. The number of ether oxygens (including phenoxy) is 1. The van der Waals surface area contributed by atoms with Crippen molar-refractivity contribution in [3.05, 3.63) is 117 Å². The minimum absolute atomic E-state index is 0.162. The molecule has 1 fully saturated rings. The summed E-state index contributed by atoms with van der Waals surface area (Å²) in [5.41, 5.74) is 4.50. The molecule has 4 atom stereocenters. The molecule has 41 heavy (non-hydrogen) atoms. The Bertz CT molecular complexity index is 1760. The van der Waals surface area contributed by atoms with Crippen LogP contribution in [0.3, 0.4) is 0 Å². The summed E-state index contributed by atoms with van der Waals surface area (Å²) in [6.45, 7) is 4.08. The third-order valence-electron chi connectivity index (χ3n) is 8.82. The molecule has 3 aromatic carbocycles. The molecule has 1 N–H and O–H groups in total. The Morgan fingerprint density at radius 1 is 0.951 bits per heavy atom. The Hall–Kier alpha value is -4.49. The summed E-state index contributed by atoms with van der Waals surface area (Å²) in [5, 5.41) is 4.95. The minimum Gasteiger partial charge on any atom is -0.497 e. The lowest BCUT2D eigenvalue weighted by Crippen LogP contribution is -2.51. The zero-order valence-corrected chi connectivity index (χ0v) is 23.7. The number of fused-ring (bicyclic) bond motifs is 6. The highest BCUT2D eigenvalue weighted by atomic mass is 32.1. The van der Waals surface area contributed by atoms with Crippen molar-refractivity contribution in [2.24, 2.45) is 5.92 Å². The number of benzene rings is 3. The second-order valence-electron chi connectivity index (χ2n) is 10.9. The number of carbonyl (C=O) groups is 3. The Kier molecular flexibility index (Phi) is 5.77. The van der Waals surface area contributed by atoms with Crippen LogP contribution in [0.15, 0.2) is 90.3 Å². The molecule has 0 bridgehead atoms. The summed E-state index contributed by atoms with van der Waals surface area (Å²) >= 11 is 1.35. The van der Waals surface area contributed by atoms with Crippen molar-refractivity contribution in [3.8, 4) is 5.75 Å². The average Bonchev–Trinajstić information content (AvgIpc) is 3.70. The summed E-state index contributed by atoms with van der Waals surface area (Å²) in [4.78, 5) is 46.4. The van der Waals surface area contributed by atoms with Crippen LogP contribution in [0.25, 0.3) is 5.57 Å². The van der Waals surface area contributed by atoms with E-state index in [1.165, 1.54) is 11.3 Å². The molecule has 1 aromatic heterocycles. The topological polar surface area (TPSA) is 75.7 Å². The summed E-state index contributed by atoms with van der Waals surface area (Å²) in [7, 11) is 1.57. The Labute approximate surface area is 242 Å². The first-order valence-corrected chi connectivity index (χ1v) is 14.5. The number of ketones is 2. The number of thiophene rings is 1. The van der Waals surface area contributed by atoms with Crippen LogP contribution in [0, 0.1) is 12.8 Å². The lowest BCUT2D eigenvalue weighted by Gasteiger charge is -2.39. The van der Waals surface area contributed by atoms with Crippen LogP contribution in [-0.4, -0.2) is 36.7 Å². The number of carbonyl (C=O) groups excluding carboxylic acids is 3. The number of Topliss-reactive ketones (excluding diaryl/α,β-unsaturated/α-hetero) is 2. The van der Waals surface area contributed by atoms with Crippen molar-refractivity contribution >= 4 is 45.8 Å². The van der Waals surface area contributed by atoms with Gasteiger partial charge in [0.05, 0.1) is 23.9 Å². The highest BCUT2D eigenvalue weighted by Gasteiger charge is 2.70. The molecule has 1 spiro atoms. The maximum atomic E-state index is 14.8. The van der Waals surface area contributed by atoms with E-state index < -0.39 is 23.4 Å². The summed E-state index contributed by atoms with van der Waals surface area (Å²) in [6.07, 6.45) is 2.08. The van der Waals surface area contributed by atoms with Crippen molar-refractivity contribution < 1.29 is 19.1 Å². The molecule has 0 unspecified atom stereocenters. The van der Waals surface area contributed by atoms with Crippen molar-refractivity contribution in [1.82, 2.24) is 0 Å². The monoisotopic (exact) mass is 560 g/mol. The normalized spacial score (nSPS) is 23.9. The van der Waals surface area contributed by atoms with E-state index in [-0.39, 0.29) is 17.5 Å². The van der Waals surface area contributed by atoms with Gasteiger partial charge in [0.25, 0.3) is 0 Å². The van der Waals surface area contributed by atoms with E-state index in [9.17, 15) is 14.4 Å². The van der Waals surface area contributed by atoms with Crippen LogP contribution in [-0.2, 0) is 10.2 Å². The van der Waals surface area contributed by atoms with Crippen LogP contribution >= 0.6 is 11.3 Å². The van der Waals surface area contributed by atoms with Gasteiger partial charge >= 0.3 is 0 Å². The first kappa shape index (κ1) is 25.5. The smallest absolute Gasteiger partial charge is 0.238 e. The quantitative estimate of drug-likeness (QED) is 0.290. The number of hydrogen-bond acceptors (Lipinski definition) is 6. The fraction of sp³-hybridized carbons (Fsp3) is 0.206.